The average molecular weight is 561 g/mol. The number of rotatable bonds is 7. The summed E-state index contributed by atoms with van der Waals surface area (Å²) in [6, 6.07) is 15.8. The molecule has 0 atom stereocenters. The average Bonchev–Trinajstić information content (AvgIpc) is 3.09. The quantitative estimate of drug-likeness (QED) is 0.262. The molecule has 2 heterocycles. The van der Waals surface area contributed by atoms with Crippen molar-refractivity contribution >= 4 is 34.9 Å². The molecule has 0 saturated heterocycles. The number of amides is 1. The van der Waals surface area contributed by atoms with Crippen molar-refractivity contribution in [2.24, 2.45) is 4.99 Å². The molecule has 0 bridgehead atoms. The van der Waals surface area contributed by atoms with Gasteiger partial charge in [0, 0.05) is 51.2 Å². The molecule has 3 N–H and O–H groups in total. The molecule has 1 aromatic heterocycles. The number of aromatic nitrogens is 2. The van der Waals surface area contributed by atoms with E-state index in [1.54, 1.807) is 48.7 Å². The summed E-state index contributed by atoms with van der Waals surface area (Å²) >= 11 is 6.29. The third-order valence-electron chi connectivity index (χ3n) is 6.73. The van der Waals surface area contributed by atoms with Crippen LogP contribution in [-0.4, -0.2) is 40.7 Å². The second-order valence-corrected chi connectivity index (χ2v) is 10.5. The Morgan fingerprint density at radius 1 is 1.02 bits per heavy atom. The number of nitrogens with zero attached hydrogens (tertiary/aromatic N) is 3. The second-order valence-electron chi connectivity index (χ2n) is 10.0. The first kappa shape index (κ1) is 27.4. The summed E-state index contributed by atoms with van der Waals surface area (Å²) < 4.78 is 29.5. The van der Waals surface area contributed by atoms with Crippen LogP contribution < -0.4 is 16.0 Å². The predicted molar refractivity (Wildman–Crippen MR) is 153 cm³/mol. The zero-order chi connectivity index (χ0) is 28.4. The fourth-order valence-corrected chi connectivity index (χ4v) is 4.42. The highest BCUT2D eigenvalue weighted by molar-refractivity contribution is 6.31. The SMILES string of the molecule is CNC(C)(C)CNC(=O)c1ccc(Nc2ncc3c(n2)-c2ccc(Cl)cc2C(c2c(F)cccc2F)=NC3)cc1. The maximum atomic E-state index is 14.8. The van der Waals surface area contributed by atoms with Gasteiger partial charge in [0.25, 0.3) is 5.91 Å². The van der Waals surface area contributed by atoms with Crippen LogP contribution in [0.25, 0.3) is 11.3 Å². The van der Waals surface area contributed by atoms with Crippen LogP contribution in [0.3, 0.4) is 0 Å². The van der Waals surface area contributed by atoms with Crippen LogP contribution in [0.2, 0.25) is 5.02 Å². The molecule has 1 aliphatic rings. The van der Waals surface area contributed by atoms with Gasteiger partial charge in [-0.1, -0.05) is 23.7 Å². The van der Waals surface area contributed by atoms with Gasteiger partial charge >= 0.3 is 0 Å². The molecule has 0 spiro atoms. The second kappa shape index (κ2) is 11.1. The molecule has 5 rings (SSSR count). The summed E-state index contributed by atoms with van der Waals surface area (Å²) in [5, 5.41) is 9.63. The smallest absolute Gasteiger partial charge is 0.251 e. The molecule has 0 saturated carbocycles. The molecule has 0 unspecified atom stereocenters. The monoisotopic (exact) mass is 560 g/mol. The number of carbonyl (C=O) groups is 1. The summed E-state index contributed by atoms with van der Waals surface area (Å²) in [5.74, 6) is -1.29. The number of halogens is 3. The van der Waals surface area contributed by atoms with Crippen LogP contribution in [-0.2, 0) is 6.54 Å². The Morgan fingerprint density at radius 3 is 2.45 bits per heavy atom. The number of hydrogen-bond acceptors (Lipinski definition) is 6. The molecule has 204 valence electrons. The molecule has 3 aromatic carbocycles. The molecule has 0 fully saturated rings. The van der Waals surface area contributed by atoms with Crippen LogP contribution in [0.4, 0.5) is 20.4 Å². The van der Waals surface area contributed by atoms with Crippen molar-refractivity contribution in [3.63, 3.8) is 0 Å². The van der Waals surface area contributed by atoms with E-state index >= 15 is 0 Å². The van der Waals surface area contributed by atoms with Gasteiger partial charge in [0.05, 0.1) is 23.5 Å². The van der Waals surface area contributed by atoms with Crippen LogP contribution in [0.15, 0.2) is 71.9 Å². The maximum Gasteiger partial charge on any atom is 0.251 e. The normalized spacial score (nSPS) is 12.6. The minimum atomic E-state index is -0.716. The van der Waals surface area contributed by atoms with Gasteiger partial charge in [0.2, 0.25) is 5.95 Å². The Bertz CT molecular complexity index is 1600. The number of benzene rings is 3. The van der Waals surface area contributed by atoms with Crippen LogP contribution >= 0.6 is 11.6 Å². The molecule has 4 aromatic rings. The fraction of sp³-hybridized carbons (Fsp3) is 0.200. The molecule has 40 heavy (non-hydrogen) atoms. The summed E-state index contributed by atoms with van der Waals surface area (Å²) in [7, 11) is 1.85. The Hall–Kier alpha value is -4.21. The minimum absolute atomic E-state index is 0.124. The highest BCUT2D eigenvalue weighted by atomic mass is 35.5. The molecule has 10 heteroatoms. The van der Waals surface area contributed by atoms with Crippen LogP contribution in [0.5, 0.6) is 0 Å². The largest absolute Gasteiger partial charge is 0.350 e. The summed E-state index contributed by atoms with van der Waals surface area (Å²) in [6.45, 7) is 4.60. The molecular formula is C30H27ClF2N6O. The summed E-state index contributed by atoms with van der Waals surface area (Å²) in [5.41, 5.74) is 3.28. The minimum Gasteiger partial charge on any atom is -0.350 e. The molecule has 0 radical (unpaired) electrons. The Balaban J connectivity index is 1.42. The van der Waals surface area contributed by atoms with Crippen molar-refractivity contribution in [1.82, 2.24) is 20.6 Å². The van der Waals surface area contributed by atoms with Crippen LogP contribution in [0.1, 0.15) is 40.9 Å². The fourth-order valence-electron chi connectivity index (χ4n) is 4.25. The van der Waals surface area contributed by atoms with Gasteiger partial charge in [-0.2, -0.15) is 0 Å². The first-order chi connectivity index (χ1) is 19.1. The van der Waals surface area contributed by atoms with Gasteiger partial charge in [-0.15, -0.1) is 0 Å². The highest BCUT2D eigenvalue weighted by Gasteiger charge is 2.25. The third kappa shape index (κ3) is 5.71. The number of nitrogens with one attached hydrogen (secondary N) is 3. The van der Waals surface area contributed by atoms with E-state index in [1.807, 2.05) is 20.9 Å². The van der Waals surface area contributed by atoms with E-state index in [0.29, 0.717) is 51.2 Å². The third-order valence-corrected chi connectivity index (χ3v) is 6.97. The lowest BCUT2D eigenvalue weighted by Gasteiger charge is -2.24. The molecule has 7 nitrogen and oxygen atoms in total. The number of aliphatic imine (C=N–C) groups is 1. The number of likely N-dealkylation sites (N-methyl/N-ethyl adjacent to an activating group) is 1. The summed E-state index contributed by atoms with van der Waals surface area (Å²) in [4.78, 5) is 26.2. The summed E-state index contributed by atoms with van der Waals surface area (Å²) in [6.07, 6.45) is 1.64. The Kier molecular flexibility index (Phi) is 7.60. The zero-order valence-corrected chi connectivity index (χ0v) is 22.9. The highest BCUT2D eigenvalue weighted by Crippen LogP contribution is 2.34. The molecule has 0 aliphatic carbocycles. The lowest BCUT2D eigenvalue weighted by Crippen LogP contribution is -2.47. The Morgan fingerprint density at radius 2 is 1.75 bits per heavy atom. The van der Waals surface area contributed by atoms with Gasteiger partial charge in [-0.05, 0) is 69.4 Å². The lowest BCUT2D eigenvalue weighted by atomic mass is 9.95. The van der Waals surface area contributed by atoms with Gasteiger partial charge < -0.3 is 16.0 Å². The number of carbonyl (C=O) groups excluding carboxylic acids is 1. The molecule has 1 aliphatic heterocycles. The number of anilines is 2. The van der Waals surface area contributed by atoms with Gasteiger partial charge in [-0.3, -0.25) is 9.79 Å². The van der Waals surface area contributed by atoms with E-state index in [1.165, 1.54) is 18.2 Å². The molecule has 1 amide bonds. The van der Waals surface area contributed by atoms with Crippen LogP contribution in [0, 0.1) is 11.6 Å². The van der Waals surface area contributed by atoms with Gasteiger partial charge in [0.1, 0.15) is 11.6 Å². The van der Waals surface area contributed by atoms with Crippen molar-refractivity contribution in [2.45, 2.75) is 25.9 Å². The standard InChI is InChI=1S/C30H27ClF2N6O/c1-30(2,34-3)16-37-28(40)17-7-10-20(11-8-17)38-29-36-15-18-14-35-27(25-23(32)5-4-6-24(25)33)22-13-19(31)9-12-21(22)26(18)39-29/h4-13,15,34H,14,16H2,1-3H3,(H,37,40)(H,36,38,39). The van der Waals surface area contributed by atoms with E-state index < -0.39 is 11.6 Å². The van der Waals surface area contributed by atoms with Gasteiger partial charge in [-0.25, -0.2) is 18.7 Å². The van der Waals surface area contributed by atoms with Crippen molar-refractivity contribution in [3.8, 4) is 11.3 Å². The van der Waals surface area contributed by atoms with Crippen molar-refractivity contribution in [3.05, 3.63) is 106 Å². The van der Waals surface area contributed by atoms with Crippen molar-refractivity contribution in [2.75, 3.05) is 18.9 Å². The topological polar surface area (TPSA) is 91.3 Å². The van der Waals surface area contributed by atoms with Crippen molar-refractivity contribution < 1.29 is 13.6 Å². The van der Waals surface area contributed by atoms with E-state index in [0.717, 1.165) is 0 Å². The number of fused-ring (bicyclic) bond motifs is 3. The van der Waals surface area contributed by atoms with Crippen molar-refractivity contribution in [1.29, 1.82) is 0 Å². The first-order valence-corrected chi connectivity index (χ1v) is 13.0. The Labute approximate surface area is 235 Å². The molecular weight excluding hydrogens is 534 g/mol. The van der Waals surface area contributed by atoms with E-state index in [4.69, 9.17) is 16.6 Å². The van der Waals surface area contributed by atoms with Gasteiger partial charge in [0.15, 0.2) is 0 Å². The number of hydrogen-bond donors (Lipinski definition) is 3. The van der Waals surface area contributed by atoms with E-state index in [9.17, 15) is 13.6 Å². The predicted octanol–water partition coefficient (Wildman–Crippen LogP) is 5.90. The zero-order valence-electron chi connectivity index (χ0n) is 22.1. The van der Waals surface area contributed by atoms with E-state index in [-0.39, 0.29) is 29.3 Å². The maximum absolute atomic E-state index is 14.8. The first-order valence-electron chi connectivity index (χ1n) is 12.6. The van der Waals surface area contributed by atoms with E-state index in [2.05, 4.69) is 25.9 Å². The lowest BCUT2D eigenvalue weighted by molar-refractivity contribution is 0.0943.